The van der Waals surface area contributed by atoms with Gasteiger partial charge in [-0.05, 0) is 37.1 Å². The number of benzene rings is 1. The Kier molecular flexibility index (Phi) is 2.97. The minimum Gasteiger partial charge on any atom is -0.453 e. The van der Waals surface area contributed by atoms with Gasteiger partial charge in [-0.3, -0.25) is 14.9 Å². The molecule has 0 radical (unpaired) electrons. The minimum atomic E-state index is -0.453. The van der Waals surface area contributed by atoms with Gasteiger partial charge in [0.1, 0.15) is 5.76 Å². The normalized spacial score (nSPS) is 10.3. The zero-order chi connectivity index (χ0) is 13.3. The number of hydrogen-bond acceptors (Lipinski definition) is 4. The van der Waals surface area contributed by atoms with Gasteiger partial charge >= 0.3 is 0 Å². The van der Waals surface area contributed by atoms with Crippen LogP contribution in [0.1, 0.15) is 21.7 Å². The Balaban J connectivity index is 2.71. The third-order valence-electron chi connectivity index (χ3n) is 2.90. The lowest BCUT2D eigenvalue weighted by atomic mass is 9.99. The van der Waals surface area contributed by atoms with Gasteiger partial charge in [0.2, 0.25) is 0 Å². The highest BCUT2D eigenvalue weighted by atomic mass is 16.6. The Morgan fingerprint density at radius 3 is 2.50 bits per heavy atom. The van der Waals surface area contributed by atoms with Gasteiger partial charge in [-0.1, -0.05) is 6.07 Å². The maximum Gasteiger partial charge on any atom is 0.280 e. The van der Waals surface area contributed by atoms with Crippen molar-refractivity contribution in [3.05, 3.63) is 51.3 Å². The third kappa shape index (κ3) is 1.90. The minimum absolute atomic E-state index is 0.0232. The van der Waals surface area contributed by atoms with Crippen molar-refractivity contribution in [1.29, 1.82) is 0 Å². The van der Waals surface area contributed by atoms with Gasteiger partial charge in [-0.2, -0.15) is 0 Å². The van der Waals surface area contributed by atoms with E-state index in [1.807, 2.05) is 6.92 Å². The average Bonchev–Trinajstić information content (AvgIpc) is 2.80. The highest BCUT2D eigenvalue weighted by Crippen LogP contribution is 2.35. The summed E-state index contributed by atoms with van der Waals surface area (Å²) in [6.07, 6.45) is 0.570. The quantitative estimate of drug-likeness (QED) is 0.472. The number of nitro groups is 1. The summed E-state index contributed by atoms with van der Waals surface area (Å²) in [5.74, 6) is 0.491. The molecule has 0 aliphatic rings. The summed E-state index contributed by atoms with van der Waals surface area (Å²) in [6, 6.07) is 6.20. The fourth-order valence-corrected chi connectivity index (χ4v) is 1.82. The molecule has 0 spiro atoms. The number of rotatable bonds is 3. The molecule has 2 rings (SSSR count). The lowest BCUT2D eigenvalue weighted by Crippen LogP contribution is -1.95. The van der Waals surface area contributed by atoms with E-state index in [-0.39, 0.29) is 11.4 Å². The molecule has 1 heterocycles. The van der Waals surface area contributed by atoms with E-state index < -0.39 is 4.92 Å². The molecule has 1 aromatic heterocycles. The predicted molar refractivity (Wildman–Crippen MR) is 65.7 cm³/mol. The van der Waals surface area contributed by atoms with Gasteiger partial charge in [0.15, 0.2) is 12.0 Å². The van der Waals surface area contributed by atoms with E-state index in [4.69, 9.17) is 4.42 Å². The van der Waals surface area contributed by atoms with Crippen LogP contribution < -0.4 is 0 Å². The number of aldehydes is 1. The van der Waals surface area contributed by atoms with Crippen LogP contribution in [0.25, 0.3) is 11.3 Å². The van der Waals surface area contributed by atoms with Crippen LogP contribution in [-0.2, 0) is 0 Å². The number of aryl methyl sites for hydroxylation is 1. The summed E-state index contributed by atoms with van der Waals surface area (Å²) in [7, 11) is 0. The second-order valence-corrected chi connectivity index (χ2v) is 3.98. The maximum atomic E-state index is 11.0. The van der Waals surface area contributed by atoms with Gasteiger partial charge in [0.25, 0.3) is 5.69 Å². The van der Waals surface area contributed by atoms with E-state index in [1.54, 1.807) is 19.1 Å². The Morgan fingerprint density at radius 2 is 1.94 bits per heavy atom. The van der Waals surface area contributed by atoms with E-state index in [2.05, 4.69) is 0 Å². The molecule has 18 heavy (non-hydrogen) atoms. The van der Waals surface area contributed by atoms with Crippen molar-refractivity contribution in [2.45, 2.75) is 13.8 Å². The largest absolute Gasteiger partial charge is 0.453 e. The number of carbonyl (C=O) groups excluding carboxylic acids is 1. The van der Waals surface area contributed by atoms with Crippen molar-refractivity contribution in [3.63, 3.8) is 0 Å². The third-order valence-corrected chi connectivity index (χ3v) is 2.90. The van der Waals surface area contributed by atoms with E-state index in [0.29, 0.717) is 17.6 Å². The van der Waals surface area contributed by atoms with Crippen LogP contribution in [0.15, 0.2) is 28.7 Å². The molecule has 0 fully saturated rings. The Hall–Kier alpha value is -2.43. The van der Waals surface area contributed by atoms with Crippen LogP contribution in [0, 0.1) is 24.0 Å². The average molecular weight is 245 g/mol. The van der Waals surface area contributed by atoms with Crippen LogP contribution in [0.3, 0.4) is 0 Å². The molecule has 0 atom stereocenters. The van der Waals surface area contributed by atoms with Gasteiger partial charge in [0, 0.05) is 6.07 Å². The number of nitro benzene ring substituents is 1. The van der Waals surface area contributed by atoms with Crippen LogP contribution >= 0.6 is 0 Å². The van der Waals surface area contributed by atoms with E-state index >= 15 is 0 Å². The fraction of sp³-hybridized carbons (Fsp3) is 0.154. The van der Waals surface area contributed by atoms with Gasteiger partial charge in [0.05, 0.1) is 10.5 Å². The molecule has 2 aromatic rings. The summed E-state index contributed by atoms with van der Waals surface area (Å²) in [5.41, 5.74) is 2.11. The highest BCUT2D eigenvalue weighted by molar-refractivity contribution is 5.77. The molecule has 5 heteroatoms. The number of furan rings is 1. The zero-order valence-corrected chi connectivity index (χ0v) is 9.97. The van der Waals surface area contributed by atoms with E-state index in [1.165, 1.54) is 12.1 Å². The van der Waals surface area contributed by atoms with Gasteiger partial charge in [-0.25, -0.2) is 0 Å². The first-order valence-electron chi connectivity index (χ1n) is 5.34. The van der Waals surface area contributed by atoms with Crippen LogP contribution in [0.4, 0.5) is 5.69 Å². The molecule has 92 valence electrons. The molecular weight excluding hydrogens is 234 g/mol. The zero-order valence-electron chi connectivity index (χ0n) is 9.97. The molecular formula is C13H11NO4. The first kappa shape index (κ1) is 12.0. The molecule has 0 aliphatic heterocycles. The van der Waals surface area contributed by atoms with Gasteiger partial charge < -0.3 is 4.42 Å². The van der Waals surface area contributed by atoms with Gasteiger partial charge in [-0.15, -0.1) is 0 Å². The monoisotopic (exact) mass is 245 g/mol. The number of nitrogens with zero attached hydrogens (tertiary/aromatic N) is 1. The lowest BCUT2D eigenvalue weighted by molar-refractivity contribution is -0.384. The first-order valence-corrected chi connectivity index (χ1v) is 5.34. The number of hydrogen-bond donors (Lipinski definition) is 0. The van der Waals surface area contributed by atoms with Crippen LogP contribution in [0.5, 0.6) is 0 Å². The Labute approximate surface area is 103 Å². The maximum absolute atomic E-state index is 11.0. The van der Waals surface area contributed by atoms with Crippen LogP contribution in [0.2, 0.25) is 0 Å². The number of carbonyl (C=O) groups is 1. The summed E-state index contributed by atoms with van der Waals surface area (Å²) < 4.78 is 5.27. The molecule has 0 saturated carbocycles. The molecule has 0 aliphatic carbocycles. The highest BCUT2D eigenvalue weighted by Gasteiger charge is 2.21. The summed E-state index contributed by atoms with van der Waals surface area (Å²) >= 11 is 0. The second kappa shape index (κ2) is 4.44. The van der Waals surface area contributed by atoms with E-state index in [0.717, 1.165) is 11.1 Å². The fourth-order valence-electron chi connectivity index (χ4n) is 1.82. The molecule has 0 unspecified atom stereocenters. The lowest BCUT2D eigenvalue weighted by Gasteiger charge is -2.06. The topological polar surface area (TPSA) is 73.3 Å². The second-order valence-electron chi connectivity index (χ2n) is 3.98. The van der Waals surface area contributed by atoms with E-state index in [9.17, 15) is 14.9 Å². The smallest absolute Gasteiger partial charge is 0.280 e. The molecule has 0 N–H and O–H groups in total. The Bertz CT molecular complexity index is 628. The molecule has 0 amide bonds. The molecule has 5 nitrogen and oxygen atoms in total. The standard InChI is InChI=1S/C13H11NO4/c1-8-3-5-11(14(16)17)13(9(8)2)12-6-4-10(7-15)18-12/h3-7H,1-2H3. The van der Waals surface area contributed by atoms with Crippen molar-refractivity contribution in [2.24, 2.45) is 0 Å². The van der Waals surface area contributed by atoms with Crippen molar-refractivity contribution in [3.8, 4) is 11.3 Å². The summed E-state index contributed by atoms with van der Waals surface area (Å²) in [4.78, 5) is 21.2. The van der Waals surface area contributed by atoms with Crippen molar-refractivity contribution < 1.29 is 14.1 Å². The molecule has 0 saturated heterocycles. The Morgan fingerprint density at radius 1 is 1.22 bits per heavy atom. The van der Waals surface area contributed by atoms with Crippen molar-refractivity contribution in [2.75, 3.05) is 0 Å². The summed E-state index contributed by atoms with van der Waals surface area (Å²) in [6.45, 7) is 3.66. The predicted octanol–water partition coefficient (Wildman–Crippen LogP) is 3.28. The summed E-state index contributed by atoms with van der Waals surface area (Å²) in [5, 5.41) is 11.0. The van der Waals surface area contributed by atoms with Crippen LogP contribution in [-0.4, -0.2) is 11.2 Å². The molecule has 0 bridgehead atoms. The van der Waals surface area contributed by atoms with Crippen molar-refractivity contribution >= 4 is 12.0 Å². The van der Waals surface area contributed by atoms with Crippen molar-refractivity contribution in [1.82, 2.24) is 0 Å². The first-order chi connectivity index (χ1) is 8.54. The molecule has 1 aromatic carbocycles. The SMILES string of the molecule is Cc1ccc([N+](=O)[O-])c(-c2ccc(C=O)o2)c1C.